The molecular weight excluding hydrogens is 398 g/mol. The quantitative estimate of drug-likeness (QED) is 0.508. The number of esters is 1. The first kappa shape index (κ1) is 23.2. The predicted molar refractivity (Wildman–Crippen MR) is 106 cm³/mol. The number of aryl methyl sites for hydroxylation is 1. The Labute approximate surface area is 172 Å². The van der Waals surface area contributed by atoms with E-state index in [-0.39, 0.29) is 11.5 Å². The average molecular weight is 428 g/mol. The Morgan fingerprint density at radius 1 is 1.21 bits per heavy atom. The average Bonchev–Trinajstić information content (AvgIpc) is 3.07. The van der Waals surface area contributed by atoms with Crippen molar-refractivity contribution in [3.63, 3.8) is 0 Å². The first-order chi connectivity index (χ1) is 13.4. The molecule has 0 radical (unpaired) electrons. The van der Waals surface area contributed by atoms with Gasteiger partial charge in [-0.1, -0.05) is 17.7 Å². The zero-order valence-corrected chi connectivity index (χ0v) is 18.3. The Balaban J connectivity index is 2.15. The first-order valence-electron chi connectivity index (χ1n) is 9.52. The fraction of sp³-hybridized carbons (Fsp3) is 0.600. The summed E-state index contributed by atoms with van der Waals surface area (Å²) in [6, 6.07) is 5.71. The van der Waals surface area contributed by atoms with E-state index in [0.29, 0.717) is 19.4 Å². The highest BCUT2D eigenvalue weighted by atomic mass is 32.2. The molecule has 162 valence electrons. The lowest BCUT2D eigenvalue weighted by Gasteiger charge is -2.32. The maximum absolute atomic E-state index is 12.5. The summed E-state index contributed by atoms with van der Waals surface area (Å²) in [6.45, 7) is 8.40. The van der Waals surface area contributed by atoms with Gasteiger partial charge in [0.1, 0.15) is 18.3 Å². The fourth-order valence-corrected chi connectivity index (χ4v) is 4.01. The highest BCUT2D eigenvalue weighted by molar-refractivity contribution is 7.86. The smallest absolute Gasteiger partial charge is 0.410 e. The molecule has 1 amide bonds. The van der Waals surface area contributed by atoms with Crippen LogP contribution in [-0.2, 0) is 28.6 Å². The number of carbonyl (C=O) groups excluding carboxylic acids is 2. The van der Waals surface area contributed by atoms with E-state index in [9.17, 15) is 18.0 Å². The highest BCUT2D eigenvalue weighted by Crippen LogP contribution is 2.26. The van der Waals surface area contributed by atoms with Gasteiger partial charge in [0.2, 0.25) is 0 Å². The number of amides is 1. The lowest BCUT2D eigenvalue weighted by atomic mass is 10.1. The predicted octanol–water partition coefficient (Wildman–Crippen LogP) is 3.03. The van der Waals surface area contributed by atoms with Crippen LogP contribution < -0.4 is 0 Å². The van der Waals surface area contributed by atoms with Crippen molar-refractivity contribution in [3.8, 4) is 0 Å². The Hall–Kier alpha value is -2.13. The van der Waals surface area contributed by atoms with Crippen LogP contribution in [0.1, 0.15) is 46.1 Å². The molecule has 0 bridgehead atoms. The van der Waals surface area contributed by atoms with Gasteiger partial charge in [-0.05, 0) is 52.7 Å². The molecular formula is C20H29NO7S. The van der Waals surface area contributed by atoms with Crippen LogP contribution in [0.2, 0.25) is 0 Å². The van der Waals surface area contributed by atoms with Gasteiger partial charge in [-0.3, -0.25) is 8.98 Å². The number of hydrogen-bond donors (Lipinski definition) is 0. The Morgan fingerprint density at radius 3 is 2.38 bits per heavy atom. The SMILES string of the molecule is CC(=O)O[C@H](COS(=O)(=O)c1ccc(C)cc1)C1CCCN1C(=O)OC(C)(C)C. The van der Waals surface area contributed by atoms with Crippen molar-refractivity contribution >= 4 is 22.2 Å². The molecule has 1 aliphatic rings. The normalized spacial score (nSPS) is 18.4. The van der Waals surface area contributed by atoms with Crippen LogP contribution in [0, 0.1) is 6.92 Å². The lowest BCUT2D eigenvalue weighted by molar-refractivity contribution is -0.151. The van der Waals surface area contributed by atoms with E-state index in [0.717, 1.165) is 5.56 Å². The molecule has 0 spiro atoms. The van der Waals surface area contributed by atoms with Crippen molar-refractivity contribution < 1.29 is 31.7 Å². The minimum absolute atomic E-state index is 0.0140. The minimum Gasteiger partial charge on any atom is -0.458 e. The van der Waals surface area contributed by atoms with Crippen molar-refractivity contribution in [2.75, 3.05) is 13.2 Å². The molecule has 0 saturated carbocycles. The van der Waals surface area contributed by atoms with Crippen LogP contribution in [0.25, 0.3) is 0 Å². The van der Waals surface area contributed by atoms with Crippen LogP contribution in [0.5, 0.6) is 0 Å². The molecule has 1 aromatic rings. The second-order valence-corrected chi connectivity index (χ2v) is 9.70. The first-order valence-corrected chi connectivity index (χ1v) is 10.9. The molecule has 1 unspecified atom stereocenters. The molecule has 1 aromatic carbocycles. The minimum atomic E-state index is -4.03. The van der Waals surface area contributed by atoms with E-state index in [4.69, 9.17) is 13.7 Å². The van der Waals surface area contributed by atoms with Gasteiger partial charge in [0.15, 0.2) is 0 Å². The van der Waals surface area contributed by atoms with Crippen LogP contribution in [0.4, 0.5) is 4.79 Å². The molecule has 1 saturated heterocycles. The topological polar surface area (TPSA) is 99.2 Å². The lowest BCUT2D eigenvalue weighted by Crippen LogP contribution is -2.48. The molecule has 0 aliphatic carbocycles. The van der Waals surface area contributed by atoms with Gasteiger partial charge in [0, 0.05) is 13.5 Å². The van der Waals surface area contributed by atoms with E-state index in [1.54, 1.807) is 32.9 Å². The standard InChI is InChI=1S/C20H29NO7S/c1-14-8-10-16(11-9-14)29(24,25)26-13-18(27-15(2)22)17-7-6-12-21(17)19(23)28-20(3,4)5/h8-11,17-18H,6-7,12-13H2,1-5H3/t17?,18-/m1/s1. The van der Waals surface area contributed by atoms with Gasteiger partial charge in [-0.2, -0.15) is 8.42 Å². The van der Waals surface area contributed by atoms with E-state index < -0.39 is 39.9 Å². The van der Waals surface area contributed by atoms with Gasteiger partial charge in [0.25, 0.3) is 10.1 Å². The third-order valence-electron chi connectivity index (χ3n) is 4.37. The molecule has 29 heavy (non-hydrogen) atoms. The third-order valence-corrected chi connectivity index (χ3v) is 5.67. The van der Waals surface area contributed by atoms with E-state index in [1.165, 1.54) is 24.0 Å². The van der Waals surface area contributed by atoms with Crippen LogP contribution >= 0.6 is 0 Å². The summed E-state index contributed by atoms with van der Waals surface area (Å²) >= 11 is 0. The fourth-order valence-electron chi connectivity index (χ4n) is 3.09. The summed E-state index contributed by atoms with van der Waals surface area (Å²) in [5.41, 5.74) is 0.243. The number of hydrogen-bond acceptors (Lipinski definition) is 7. The second-order valence-electron chi connectivity index (χ2n) is 8.08. The Bertz CT molecular complexity index is 827. The van der Waals surface area contributed by atoms with Gasteiger partial charge in [-0.15, -0.1) is 0 Å². The van der Waals surface area contributed by atoms with E-state index >= 15 is 0 Å². The number of nitrogens with zero attached hydrogens (tertiary/aromatic N) is 1. The monoisotopic (exact) mass is 427 g/mol. The van der Waals surface area contributed by atoms with Crippen LogP contribution in [-0.4, -0.2) is 56.3 Å². The summed E-state index contributed by atoms with van der Waals surface area (Å²) in [4.78, 5) is 25.6. The molecule has 0 N–H and O–H groups in total. The summed E-state index contributed by atoms with van der Waals surface area (Å²) in [6.07, 6.45) is -0.223. The molecule has 1 fully saturated rings. The van der Waals surface area contributed by atoms with Gasteiger partial charge >= 0.3 is 12.1 Å². The number of ether oxygens (including phenoxy) is 2. The maximum Gasteiger partial charge on any atom is 0.410 e. The van der Waals surface area contributed by atoms with Crippen molar-refractivity contribution in [2.24, 2.45) is 0 Å². The Kier molecular flexibility index (Phi) is 7.29. The number of carbonyl (C=O) groups is 2. The largest absolute Gasteiger partial charge is 0.458 e. The van der Waals surface area contributed by atoms with Crippen molar-refractivity contribution in [2.45, 2.75) is 70.1 Å². The Morgan fingerprint density at radius 2 is 1.83 bits per heavy atom. The third kappa shape index (κ3) is 6.71. The molecule has 2 atom stereocenters. The summed E-state index contributed by atoms with van der Waals surface area (Å²) < 4.78 is 40.9. The number of rotatable bonds is 6. The molecule has 9 heteroatoms. The molecule has 2 rings (SSSR count). The van der Waals surface area contributed by atoms with Gasteiger partial charge in [0.05, 0.1) is 10.9 Å². The van der Waals surface area contributed by atoms with Gasteiger partial charge in [-0.25, -0.2) is 4.79 Å². The van der Waals surface area contributed by atoms with Crippen LogP contribution in [0.15, 0.2) is 29.2 Å². The molecule has 8 nitrogen and oxygen atoms in total. The summed E-state index contributed by atoms with van der Waals surface area (Å²) in [5.74, 6) is -0.581. The van der Waals surface area contributed by atoms with Crippen molar-refractivity contribution in [1.29, 1.82) is 0 Å². The highest BCUT2D eigenvalue weighted by Gasteiger charge is 2.39. The van der Waals surface area contributed by atoms with Gasteiger partial charge < -0.3 is 14.4 Å². The molecule has 0 aromatic heterocycles. The van der Waals surface area contributed by atoms with Crippen molar-refractivity contribution in [3.05, 3.63) is 29.8 Å². The summed E-state index contributed by atoms with van der Waals surface area (Å²) in [7, 11) is -4.03. The zero-order valence-electron chi connectivity index (χ0n) is 17.5. The second kappa shape index (κ2) is 9.13. The van der Waals surface area contributed by atoms with Crippen molar-refractivity contribution in [1.82, 2.24) is 4.90 Å². The van der Waals surface area contributed by atoms with E-state index in [1.807, 2.05) is 6.92 Å². The summed E-state index contributed by atoms with van der Waals surface area (Å²) in [5, 5.41) is 0. The number of likely N-dealkylation sites (tertiary alicyclic amines) is 1. The zero-order chi connectivity index (χ0) is 21.8. The van der Waals surface area contributed by atoms with E-state index in [2.05, 4.69) is 0 Å². The maximum atomic E-state index is 12.5. The number of benzene rings is 1. The van der Waals surface area contributed by atoms with Crippen LogP contribution in [0.3, 0.4) is 0 Å². The molecule has 1 aliphatic heterocycles. The molecule has 1 heterocycles.